The lowest BCUT2D eigenvalue weighted by Crippen LogP contribution is -2.51. The highest BCUT2D eigenvalue weighted by Crippen LogP contribution is 2.57. The van der Waals surface area contributed by atoms with Crippen LogP contribution in [0.25, 0.3) is 11.2 Å². The summed E-state index contributed by atoms with van der Waals surface area (Å²) in [6.45, 7) is 7.82. The summed E-state index contributed by atoms with van der Waals surface area (Å²) in [5.41, 5.74) is 0.385. The first kappa shape index (κ1) is 48.6. The molecule has 2 fully saturated rings. The molecule has 5 atom stereocenters. The van der Waals surface area contributed by atoms with Gasteiger partial charge in [-0.2, -0.15) is 9.57 Å². The van der Waals surface area contributed by atoms with E-state index in [2.05, 4.69) is 31.0 Å². The van der Waals surface area contributed by atoms with Gasteiger partial charge in [0.05, 0.1) is 58.5 Å². The number of nitriles is 1. The highest BCUT2D eigenvalue weighted by Gasteiger charge is 2.69. The van der Waals surface area contributed by atoms with Gasteiger partial charge in [0.25, 0.3) is 14.4 Å². The Morgan fingerprint density at radius 1 is 0.897 bits per heavy atom. The Kier molecular flexibility index (Phi) is 14.6. The molecule has 19 heteroatoms. The van der Waals surface area contributed by atoms with Crippen LogP contribution in [-0.2, 0) is 34.1 Å². The van der Waals surface area contributed by atoms with Gasteiger partial charge in [-0.25, -0.2) is 28.0 Å². The van der Waals surface area contributed by atoms with E-state index in [0.29, 0.717) is 17.1 Å². The van der Waals surface area contributed by atoms with Gasteiger partial charge in [-0.05, 0) is 80.8 Å². The number of ether oxygens (including phenoxy) is 4. The fourth-order valence-electron chi connectivity index (χ4n) is 9.10. The summed E-state index contributed by atoms with van der Waals surface area (Å²) in [7, 11) is -2.74. The summed E-state index contributed by atoms with van der Waals surface area (Å²) >= 11 is 0. The van der Waals surface area contributed by atoms with Crippen LogP contribution < -0.4 is 14.8 Å². The first-order valence-electron chi connectivity index (χ1n) is 22.2. The number of carbonyl (C=O) groups excluding carboxylic acids is 1. The van der Waals surface area contributed by atoms with Gasteiger partial charge >= 0.3 is 0 Å². The minimum Gasteiger partial charge on any atom is -0.497 e. The van der Waals surface area contributed by atoms with Gasteiger partial charge in [-0.1, -0.05) is 72.8 Å². The fraction of sp³-hybridized carbons (Fsp3) is 0.367. The van der Waals surface area contributed by atoms with E-state index in [4.69, 9.17) is 28.0 Å². The molecule has 8 rings (SSSR count). The summed E-state index contributed by atoms with van der Waals surface area (Å²) in [6.07, 6.45) is 1.94. The SMILES string of the molecule is COc1ccc(C(OC[C@@]23CN(S(C)(=O)=O)[C@@H]([C@H](n4cnc5c(NC(=O)c6ccccc6)ncnc54)O2)[C@@H]3OP(OCCC#N)N(C(C)C)C(C)C)(c2ccccc2)c2ccc(OC)cc2)cc1. The van der Waals surface area contributed by atoms with Crippen LogP contribution in [0.4, 0.5) is 5.82 Å². The minimum atomic E-state index is -4.00. The lowest BCUT2D eigenvalue weighted by molar-refractivity contribution is -0.168. The molecule has 0 aliphatic carbocycles. The first-order valence-corrected chi connectivity index (χ1v) is 25.1. The number of fused-ring (bicyclic) bond motifs is 3. The van der Waals surface area contributed by atoms with E-state index in [1.807, 2.05) is 113 Å². The van der Waals surface area contributed by atoms with Gasteiger partial charge < -0.3 is 33.3 Å². The standard InChI is InChI=1S/C49H55N8O9PS/c1-33(2)57(34(3)4)67(64-28-14-27-50)66-43-42-47(55-32-53-41-44(51-31-52-45(41)55)54-46(58)35-15-10-8-11-16-35)65-48(43,29-56(42)68(7,59)60)30-63-49(36-17-12-9-13-18-36,37-19-23-39(61-5)24-20-37)38-21-25-40(62-6)26-22-38/h8-13,15-26,31-34,42-43,47H,14,28-30H2,1-7H3,(H,51,52,54,58)/t42-,43+,47-,48-,67?/m1/s1. The molecule has 1 unspecified atom stereocenters. The summed E-state index contributed by atoms with van der Waals surface area (Å²) in [6, 6.07) is 34.7. The number of carbonyl (C=O) groups is 1. The van der Waals surface area contributed by atoms with Gasteiger partial charge in [-0.3, -0.25) is 9.36 Å². The minimum absolute atomic E-state index is 0.0751. The molecule has 2 bridgehead atoms. The Morgan fingerprint density at radius 3 is 2.04 bits per heavy atom. The quantitative estimate of drug-likeness (QED) is 0.0445. The summed E-state index contributed by atoms with van der Waals surface area (Å²) in [5.74, 6) is 1.04. The molecular weight excluding hydrogens is 908 g/mol. The van der Waals surface area contributed by atoms with E-state index >= 15 is 0 Å². The molecule has 2 aromatic heterocycles. The molecule has 0 spiro atoms. The largest absolute Gasteiger partial charge is 0.497 e. The highest BCUT2D eigenvalue weighted by molar-refractivity contribution is 7.88. The number of nitrogens with one attached hydrogen (secondary N) is 1. The number of anilines is 1. The summed E-state index contributed by atoms with van der Waals surface area (Å²) in [5, 5.41) is 12.4. The zero-order chi connectivity index (χ0) is 48.2. The molecule has 68 heavy (non-hydrogen) atoms. The van der Waals surface area contributed by atoms with Crippen LogP contribution in [0.15, 0.2) is 122 Å². The van der Waals surface area contributed by atoms with Crippen molar-refractivity contribution in [2.45, 2.75) is 75.8 Å². The molecule has 2 saturated heterocycles. The molecule has 4 aromatic carbocycles. The average molecular weight is 963 g/mol. The number of hydrogen-bond acceptors (Lipinski definition) is 14. The first-order chi connectivity index (χ1) is 32.7. The van der Waals surface area contributed by atoms with Crippen LogP contribution in [0, 0.1) is 11.3 Å². The van der Waals surface area contributed by atoms with Crippen LogP contribution in [-0.4, -0.2) is 113 Å². The van der Waals surface area contributed by atoms with Crippen molar-refractivity contribution in [1.29, 1.82) is 5.26 Å². The lowest BCUT2D eigenvalue weighted by atomic mass is 9.79. The Hall–Kier alpha value is -5.87. The average Bonchev–Trinajstić information content (AvgIpc) is 4.01. The summed E-state index contributed by atoms with van der Waals surface area (Å²) in [4.78, 5) is 27.0. The van der Waals surface area contributed by atoms with Crippen LogP contribution in [0.1, 0.15) is 67.4 Å². The number of sulfonamides is 1. The molecule has 356 valence electrons. The van der Waals surface area contributed by atoms with Crippen molar-refractivity contribution in [3.8, 4) is 17.6 Å². The smallest absolute Gasteiger partial charge is 0.259 e. The number of benzene rings is 4. The zero-order valence-electron chi connectivity index (χ0n) is 38.9. The molecule has 1 N–H and O–H groups in total. The number of methoxy groups -OCH3 is 2. The number of rotatable bonds is 20. The Morgan fingerprint density at radius 2 is 1.49 bits per heavy atom. The normalized spacial score (nSPS) is 20.0. The van der Waals surface area contributed by atoms with Crippen molar-refractivity contribution in [1.82, 2.24) is 28.5 Å². The van der Waals surface area contributed by atoms with Crippen LogP contribution >= 0.6 is 8.53 Å². The topological polar surface area (TPSA) is 192 Å². The van der Waals surface area contributed by atoms with Crippen molar-refractivity contribution < 1.29 is 41.2 Å². The van der Waals surface area contributed by atoms with Gasteiger partial charge in [0.1, 0.15) is 35.1 Å². The lowest BCUT2D eigenvalue weighted by Gasteiger charge is -2.42. The molecule has 4 heterocycles. The van der Waals surface area contributed by atoms with Gasteiger partial charge in [0.15, 0.2) is 23.2 Å². The third kappa shape index (κ3) is 9.45. The van der Waals surface area contributed by atoms with Crippen LogP contribution in [0.2, 0.25) is 0 Å². The molecule has 0 saturated carbocycles. The van der Waals surface area contributed by atoms with E-state index in [-0.39, 0.29) is 55.2 Å². The van der Waals surface area contributed by atoms with Crippen molar-refractivity contribution in [3.05, 3.63) is 144 Å². The second-order valence-electron chi connectivity index (χ2n) is 17.1. The maximum atomic E-state index is 14.2. The van der Waals surface area contributed by atoms with Crippen molar-refractivity contribution in [2.24, 2.45) is 0 Å². The van der Waals surface area contributed by atoms with Crippen LogP contribution in [0.3, 0.4) is 0 Å². The molecule has 6 aromatic rings. The van der Waals surface area contributed by atoms with Gasteiger partial charge in [0, 0.05) is 24.2 Å². The molecule has 0 radical (unpaired) electrons. The number of nitrogens with zero attached hydrogens (tertiary/aromatic N) is 7. The van der Waals surface area contributed by atoms with E-state index < -0.39 is 54.0 Å². The molecule has 17 nitrogen and oxygen atoms in total. The van der Waals surface area contributed by atoms with E-state index in [9.17, 15) is 18.5 Å². The Balaban J connectivity index is 1.30. The van der Waals surface area contributed by atoms with Crippen LogP contribution in [0.5, 0.6) is 11.5 Å². The third-order valence-electron chi connectivity index (χ3n) is 12.1. The second kappa shape index (κ2) is 20.4. The summed E-state index contributed by atoms with van der Waals surface area (Å²) < 4.78 is 73.3. The Labute approximate surface area is 398 Å². The number of morpholine rings is 1. The van der Waals surface area contributed by atoms with Crippen molar-refractivity contribution >= 4 is 41.4 Å². The van der Waals surface area contributed by atoms with Gasteiger partial charge in [-0.15, -0.1) is 0 Å². The zero-order valence-corrected chi connectivity index (χ0v) is 40.6. The molecule has 1 amide bonds. The number of imidazole rings is 1. The highest BCUT2D eigenvalue weighted by atomic mass is 32.2. The van der Waals surface area contributed by atoms with E-state index in [1.165, 1.54) is 17.0 Å². The monoisotopic (exact) mass is 962 g/mol. The third-order valence-corrected chi connectivity index (χ3v) is 15.5. The van der Waals surface area contributed by atoms with Gasteiger partial charge in [0.2, 0.25) is 10.0 Å². The molecular formula is C49H55N8O9PS. The van der Waals surface area contributed by atoms with E-state index in [0.717, 1.165) is 22.9 Å². The molecule has 2 aliphatic heterocycles. The predicted octanol–water partition coefficient (Wildman–Crippen LogP) is 7.68. The second-order valence-corrected chi connectivity index (χ2v) is 20.4. The van der Waals surface area contributed by atoms with Crippen molar-refractivity contribution in [2.75, 3.05) is 45.6 Å². The number of hydrogen-bond donors (Lipinski definition) is 1. The maximum absolute atomic E-state index is 14.2. The number of aromatic nitrogens is 4. The number of amides is 1. The van der Waals surface area contributed by atoms with Crippen molar-refractivity contribution in [3.63, 3.8) is 0 Å². The predicted molar refractivity (Wildman–Crippen MR) is 256 cm³/mol. The van der Waals surface area contributed by atoms with E-state index in [1.54, 1.807) is 43.1 Å². The molecule has 2 aliphatic rings. The fourth-order valence-corrected chi connectivity index (χ4v) is 12.0. The Bertz CT molecular complexity index is 2780. The maximum Gasteiger partial charge on any atom is 0.259 e.